The normalized spacial score (nSPS) is 12.2. The summed E-state index contributed by atoms with van der Waals surface area (Å²) in [7, 11) is -13.8. The average Bonchev–Trinajstić information content (AvgIpc) is 3.26. The standard InChI is InChI=1S/C44H37N7O13S3/c1-25-19-34(49-51-41-40(67(61,62)63)22-29-20-32(13-15-36(29)42(41)52)46-43(53)26-3-8-30(45)9-4-26)14-16-38(25)50-48-31-10-5-27(6-11-31)44(54)47-33-12-7-28-21-35(66(58,59)60)24-39(37(28)23-33)64-17-2-18-65(55,56)57/h3-16,19-24,52H,2,17-18,45H2,1H3,(H,46,53)(H,47,54)(H,55,56,57)(H,58,59,60)(H,61,62,63). The SMILES string of the molecule is Cc1cc(N=Nc2c(S(=O)(=O)O)cc3cc(NC(=O)c4ccc(N)cc4)ccc3c2O)ccc1N=Nc1ccc(C(=O)Nc2ccc3cc(S(=O)(=O)O)cc(OCCCS(=O)(=O)O)c3c2)cc1. The van der Waals surface area contributed by atoms with Crippen LogP contribution in [0.25, 0.3) is 21.5 Å². The molecule has 0 aromatic heterocycles. The van der Waals surface area contributed by atoms with E-state index in [9.17, 15) is 49.1 Å². The Morgan fingerprint density at radius 1 is 0.627 bits per heavy atom. The Morgan fingerprint density at radius 3 is 1.87 bits per heavy atom. The minimum Gasteiger partial charge on any atom is -0.505 e. The summed E-state index contributed by atoms with van der Waals surface area (Å²) in [6, 6.07) is 29.2. The Labute approximate surface area is 382 Å². The highest BCUT2D eigenvalue weighted by Crippen LogP contribution is 2.42. The number of fused-ring (bicyclic) bond motifs is 2. The van der Waals surface area contributed by atoms with Gasteiger partial charge in [-0.1, -0.05) is 6.07 Å². The van der Waals surface area contributed by atoms with Gasteiger partial charge in [-0.2, -0.15) is 40.6 Å². The summed E-state index contributed by atoms with van der Waals surface area (Å²) in [5, 5.41) is 34.2. The van der Waals surface area contributed by atoms with E-state index >= 15 is 0 Å². The maximum Gasteiger partial charge on any atom is 0.296 e. The number of ether oxygens (including phenoxy) is 1. The second-order valence-electron chi connectivity index (χ2n) is 14.8. The lowest BCUT2D eigenvalue weighted by Crippen LogP contribution is -2.11. The largest absolute Gasteiger partial charge is 0.505 e. The van der Waals surface area contributed by atoms with Crippen LogP contribution < -0.4 is 21.1 Å². The van der Waals surface area contributed by atoms with Crippen LogP contribution in [0.4, 0.5) is 39.8 Å². The van der Waals surface area contributed by atoms with Crippen LogP contribution >= 0.6 is 0 Å². The third-order valence-corrected chi connectivity index (χ3v) is 12.4. The molecular weight excluding hydrogens is 931 g/mol. The molecule has 7 rings (SSSR count). The first-order valence-electron chi connectivity index (χ1n) is 19.5. The average molecular weight is 968 g/mol. The lowest BCUT2D eigenvalue weighted by Gasteiger charge is -2.13. The number of carbonyl (C=O) groups excluding carboxylic acids is 2. The zero-order chi connectivity index (χ0) is 48.3. The molecular formula is C44H37N7O13S3. The van der Waals surface area contributed by atoms with Gasteiger partial charge in [0.2, 0.25) is 0 Å². The van der Waals surface area contributed by atoms with Crippen LogP contribution in [-0.4, -0.2) is 68.2 Å². The Bertz CT molecular complexity index is 3510. The number of benzene rings is 7. The van der Waals surface area contributed by atoms with Crippen molar-refractivity contribution in [3.8, 4) is 11.5 Å². The molecule has 0 saturated heterocycles. The number of carbonyl (C=O) groups is 2. The van der Waals surface area contributed by atoms with Crippen LogP contribution in [-0.2, 0) is 30.4 Å². The van der Waals surface area contributed by atoms with E-state index in [1.807, 2.05) is 0 Å². The maximum atomic E-state index is 13.2. The fourth-order valence-electron chi connectivity index (χ4n) is 6.54. The molecule has 7 aromatic rings. The molecule has 2 amide bonds. The predicted octanol–water partition coefficient (Wildman–Crippen LogP) is 9.07. The molecule has 0 aliphatic carbocycles. The molecule has 7 aromatic carbocycles. The highest BCUT2D eigenvalue weighted by atomic mass is 32.2. The summed E-state index contributed by atoms with van der Waals surface area (Å²) in [6.07, 6.45) is -0.117. The number of aromatic hydroxyl groups is 1. The van der Waals surface area contributed by atoms with Gasteiger partial charge in [-0.25, -0.2) is 0 Å². The van der Waals surface area contributed by atoms with Crippen molar-refractivity contribution in [3.63, 3.8) is 0 Å². The zero-order valence-electron chi connectivity index (χ0n) is 34.7. The molecule has 20 nitrogen and oxygen atoms in total. The Hall–Kier alpha value is -7.67. The van der Waals surface area contributed by atoms with E-state index in [0.29, 0.717) is 44.6 Å². The second kappa shape index (κ2) is 19.0. The molecule has 0 spiro atoms. The number of nitrogen functional groups attached to an aromatic ring is 1. The number of rotatable bonds is 15. The summed E-state index contributed by atoms with van der Waals surface area (Å²) in [4.78, 5) is 24.7. The summed E-state index contributed by atoms with van der Waals surface area (Å²) < 4.78 is 105. The lowest BCUT2D eigenvalue weighted by molar-refractivity contribution is 0.101. The van der Waals surface area contributed by atoms with Gasteiger partial charge in [0, 0.05) is 45.0 Å². The minimum absolute atomic E-state index is 0.0204. The molecule has 0 heterocycles. The number of nitrogens with zero attached hydrogens (tertiary/aromatic N) is 4. The number of phenols is 1. The van der Waals surface area contributed by atoms with Crippen molar-refractivity contribution in [2.24, 2.45) is 20.5 Å². The van der Waals surface area contributed by atoms with Crippen LogP contribution in [0.3, 0.4) is 0 Å². The van der Waals surface area contributed by atoms with Crippen LogP contribution in [0.1, 0.15) is 32.7 Å². The highest BCUT2D eigenvalue weighted by molar-refractivity contribution is 7.86. The molecule has 8 N–H and O–H groups in total. The molecule has 0 bridgehead atoms. The molecule has 0 radical (unpaired) electrons. The molecule has 67 heavy (non-hydrogen) atoms. The molecule has 344 valence electrons. The molecule has 0 atom stereocenters. The summed E-state index contributed by atoms with van der Waals surface area (Å²) in [6.45, 7) is 1.49. The van der Waals surface area contributed by atoms with Gasteiger partial charge in [0.15, 0.2) is 5.75 Å². The Morgan fingerprint density at radius 2 is 1.24 bits per heavy atom. The third-order valence-electron chi connectivity index (χ3n) is 9.86. The van der Waals surface area contributed by atoms with E-state index in [0.717, 1.165) is 12.1 Å². The molecule has 0 unspecified atom stereocenters. The van der Waals surface area contributed by atoms with Gasteiger partial charge in [-0.3, -0.25) is 23.2 Å². The van der Waals surface area contributed by atoms with E-state index in [1.165, 1.54) is 72.8 Å². The predicted molar refractivity (Wildman–Crippen MR) is 248 cm³/mol. The quantitative estimate of drug-likeness (QED) is 0.0218. The van der Waals surface area contributed by atoms with Gasteiger partial charge in [0.05, 0.1) is 34.3 Å². The number of nitrogens with one attached hydrogen (secondary N) is 2. The fraction of sp³-hybridized carbons (Fsp3) is 0.0909. The fourth-order valence-corrected chi connectivity index (χ4v) is 8.22. The minimum atomic E-state index is -4.93. The van der Waals surface area contributed by atoms with Gasteiger partial charge in [0.25, 0.3) is 42.2 Å². The van der Waals surface area contributed by atoms with E-state index in [2.05, 4.69) is 31.1 Å². The molecule has 23 heteroatoms. The van der Waals surface area contributed by atoms with Crippen molar-refractivity contribution in [2.75, 3.05) is 28.7 Å². The van der Waals surface area contributed by atoms with Crippen molar-refractivity contribution in [2.45, 2.75) is 23.1 Å². The summed E-state index contributed by atoms with van der Waals surface area (Å²) in [5.41, 5.74) is 8.42. The van der Waals surface area contributed by atoms with Crippen LogP contribution in [0.15, 0.2) is 152 Å². The van der Waals surface area contributed by atoms with Gasteiger partial charge < -0.3 is 26.2 Å². The number of anilines is 3. The van der Waals surface area contributed by atoms with Crippen LogP contribution in [0.5, 0.6) is 11.5 Å². The molecule has 0 saturated carbocycles. The first kappa shape index (κ1) is 47.3. The van der Waals surface area contributed by atoms with Crippen LogP contribution in [0, 0.1) is 6.92 Å². The monoisotopic (exact) mass is 967 g/mol. The van der Waals surface area contributed by atoms with Gasteiger partial charge >= 0.3 is 0 Å². The first-order chi connectivity index (χ1) is 31.6. The number of aryl methyl sites for hydroxylation is 1. The smallest absolute Gasteiger partial charge is 0.296 e. The number of amides is 2. The number of hydrogen-bond acceptors (Lipinski definition) is 15. The maximum absolute atomic E-state index is 13.2. The topological polar surface area (TPSA) is 326 Å². The van der Waals surface area contributed by atoms with Crippen molar-refractivity contribution < 1.29 is 58.3 Å². The summed E-state index contributed by atoms with van der Waals surface area (Å²) >= 11 is 0. The van der Waals surface area contributed by atoms with E-state index in [4.69, 9.17) is 15.0 Å². The summed E-state index contributed by atoms with van der Waals surface area (Å²) in [5.74, 6) is -2.18. The van der Waals surface area contributed by atoms with E-state index in [-0.39, 0.29) is 46.5 Å². The zero-order valence-corrected chi connectivity index (χ0v) is 37.2. The lowest BCUT2D eigenvalue weighted by atomic mass is 10.1. The second-order valence-corrected chi connectivity index (χ2v) is 19.1. The number of hydrogen-bond donors (Lipinski definition) is 7. The Kier molecular flexibility index (Phi) is 13.4. The van der Waals surface area contributed by atoms with E-state index in [1.54, 1.807) is 43.3 Å². The highest BCUT2D eigenvalue weighted by Gasteiger charge is 2.23. The van der Waals surface area contributed by atoms with Crippen molar-refractivity contribution in [1.29, 1.82) is 0 Å². The van der Waals surface area contributed by atoms with Crippen molar-refractivity contribution >= 4 is 104 Å². The first-order valence-corrected chi connectivity index (χ1v) is 24.0. The van der Waals surface area contributed by atoms with Crippen molar-refractivity contribution in [3.05, 3.63) is 138 Å². The molecule has 0 aliphatic heterocycles. The number of nitrogens with two attached hydrogens (primary N) is 1. The molecule has 0 aliphatic rings. The van der Waals surface area contributed by atoms with Gasteiger partial charge in [-0.15, -0.1) is 5.11 Å². The van der Waals surface area contributed by atoms with Gasteiger partial charge in [0.1, 0.15) is 16.3 Å². The third kappa shape index (κ3) is 11.8. The van der Waals surface area contributed by atoms with Crippen molar-refractivity contribution in [1.82, 2.24) is 0 Å². The number of azo groups is 2. The van der Waals surface area contributed by atoms with Gasteiger partial charge in [-0.05, 0) is 139 Å². The number of phenolic OH excluding ortho intramolecular Hbond substituents is 1. The van der Waals surface area contributed by atoms with Crippen LogP contribution in [0.2, 0.25) is 0 Å². The van der Waals surface area contributed by atoms with E-state index < -0.39 is 69.1 Å². The Balaban J connectivity index is 1.03. The molecule has 0 fully saturated rings.